The summed E-state index contributed by atoms with van der Waals surface area (Å²) in [5.41, 5.74) is 1.07. The van der Waals surface area contributed by atoms with Crippen LogP contribution in [0.3, 0.4) is 0 Å². The van der Waals surface area contributed by atoms with Crippen LogP contribution in [0.25, 0.3) is 0 Å². The van der Waals surface area contributed by atoms with Gasteiger partial charge in [0.1, 0.15) is 11.0 Å². The van der Waals surface area contributed by atoms with Crippen LogP contribution in [0.1, 0.15) is 6.92 Å². The molecule has 1 atom stereocenters. The van der Waals surface area contributed by atoms with E-state index < -0.39 is 15.1 Å². The van der Waals surface area contributed by atoms with E-state index in [1.165, 1.54) is 6.92 Å². The predicted molar refractivity (Wildman–Crippen MR) is 86.1 cm³/mol. The zero-order valence-corrected chi connectivity index (χ0v) is 14.0. The molecule has 2 rings (SSSR count). The average molecular weight is 326 g/mol. The number of benzene rings is 1. The van der Waals surface area contributed by atoms with Gasteiger partial charge in [-0.1, -0.05) is 0 Å². The molecule has 0 aliphatic carbocycles. The fourth-order valence-corrected chi connectivity index (χ4v) is 2.93. The summed E-state index contributed by atoms with van der Waals surface area (Å²) in [5.74, 6) is 0.497. The Labute approximate surface area is 131 Å². The van der Waals surface area contributed by atoms with E-state index in [2.05, 4.69) is 4.90 Å². The van der Waals surface area contributed by atoms with Crippen LogP contribution in [0, 0.1) is 0 Å². The molecule has 0 aromatic heterocycles. The summed E-state index contributed by atoms with van der Waals surface area (Å²) in [6.07, 6.45) is 1.10. The SMILES string of the molecule is COc1ccc(N2CCN(C(=O)[C@H](C)S(C)(=O)=O)CC2)cc1. The van der Waals surface area contributed by atoms with Gasteiger partial charge < -0.3 is 14.5 Å². The Morgan fingerprint density at radius 1 is 1.14 bits per heavy atom. The molecule has 1 aliphatic rings. The van der Waals surface area contributed by atoms with Gasteiger partial charge in [-0.05, 0) is 31.2 Å². The van der Waals surface area contributed by atoms with Gasteiger partial charge >= 0.3 is 0 Å². The summed E-state index contributed by atoms with van der Waals surface area (Å²) in [4.78, 5) is 16.0. The maximum atomic E-state index is 12.2. The molecule has 0 saturated carbocycles. The summed E-state index contributed by atoms with van der Waals surface area (Å²) in [5, 5.41) is -0.972. The Morgan fingerprint density at radius 2 is 1.68 bits per heavy atom. The minimum Gasteiger partial charge on any atom is -0.497 e. The van der Waals surface area contributed by atoms with Crippen LogP contribution in [0.5, 0.6) is 5.75 Å². The lowest BCUT2D eigenvalue weighted by Crippen LogP contribution is -2.52. The Kier molecular flexibility index (Phi) is 4.95. The molecular formula is C15H22N2O4S. The number of carbonyl (C=O) groups is 1. The first-order valence-corrected chi connectivity index (χ1v) is 9.15. The smallest absolute Gasteiger partial charge is 0.240 e. The van der Waals surface area contributed by atoms with Crippen LogP contribution in [0.4, 0.5) is 5.69 Å². The summed E-state index contributed by atoms with van der Waals surface area (Å²) in [7, 11) is -1.72. The van der Waals surface area contributed by atoms with Crippen molar-refractivity contribution in [2.75, 3.05) is 44.4 Å². The number of hydrogen-bond acceptors (Lipinski definition) is 5. The number of carbonyl (C=O) groups excluding carboxylic acids is 1. The van der Waals surface area contributed by atoms with Gasteiger partial charge in [-0.25, -0.2) is 8.42 Å². The summed E-state index contributed by atoms with van der Waals surface area (Å²) in [6, 6.07) is 7.77. The molecule has 22 heavy (non-hydrogen) atoms. The standard InChI is InChI=1S/C15H22N2O4S/c1-12(22(3,19)20)15(18)17-10-8-16(9-11-17)13-4-6-14(21-2)7-5-13/h4-7,12H,8-11H2,1-3H3/t12-/m0/s1. The Bertz CT molecular complexity index is 619. The molecule has 1 amide bonds. The van der Waals surface area contributed by atoms with Gasteiger partial charge in [-0.15, -0.1) is 0 Å². The van der Waals surface area contributed by atoms with E-state index in [-0.39, 0.29) is 5.91 Å². The van der Waals surface area contributed by atoms with Crippen molar-refractivity contribution in [3.8, 4) is 5.75 Å². The van der Waals surface area contributed by atoms with Crippen molar-refractivity contribution in [3.05, 3.63) is 24.3 Å². The number of piperazine rings is 1. The number of anilines is 1. The van der Waals surface area contributed by atoms with Crippen molar-refractivity contribution in [1.29, 1.82) is 0 Å². The molecule has 0 radical (unpaired) electrons. The van der Waals surface area contributed by atoms with Gasteiger partial charge in [0.05, 0.1) is 7.11 Å². The number of methoxy groups -OCH3 is 1. The van der Waals surface area contributed by atoms with E-state index in [1.807, 2.05) is 24.3 Å². The normalized spacial score (nSPS) is 17.2. The van der Waals surface area contributed by atoms with Crippen molar-refractivity contribution < 1.29 is 17.9 Å². The Hall–Kier alpha value is -1.76. The second kappa shape index (κ2) is 6.56. The highest BCUT2D eigenvalue weighted by atomic mass is 32.2. The molecule has 6 nitrogen and oxygen atoms in total. The topological polar surface area (TPSA) is 66.9 Å². The molecule has 1 aromatic carbocycles. The van der Waals surface area contributed by atoms with Crippen LogP contribution >= 0.6 is 0 Å². The second-order valence-corrected chi connectivity index (χ2v) is 7.85. The molecule has 1 fully saturated rings. The van der Waals surface area contributed by atoms with Crippen LogP contribution in [0.15, 0.2) is 24.3 Å². The molecule has 7 heteroatoms. The quantitative estimate of drug-likeness (QED) is 0.818. The van der Waals surface area contributed by atoms with Crippen LogP contribution < -0.4 is 9.64 Å². The van der Waals surface area contributed by atoms with Gasteiger partial charge in [0.25, 0.3) is 0 Å². The van der Waals surface area contributed by atoms with Crippen LogP contribution in [-0.4, -0.2) is 64.0 Å². The molecule has 1 aromatic rings. The minimum absolute atomic E-state index is 0.308. The summed E-state index contributed by atoms with van der Waals surface area (Å²) < 4.78 is 28.1. The van der Waals surface area contributed by atoms with E-state index in [0.29, 0.717) is 26.2 Å². The summed E-state index contributed by atoms with van der Waals surface area (Å²) in [6.45, 7) is 3.89. The molecule has 0 bridgehead atoms. The third-order valence-corrected chi connectivity index (χ3v) is 5.51. The van der Waals surface area contributed by atoms with Crippen molar-refractivity contribution in [2.45, 2.75) is 12.2 Å². The van der Waals surface area contributed by atoms with Gasteiger partial charge in [-0.2, -0.15) is 0 Å². The molecule has 1 heterocycles. The van der Waals surface area contributed by atoms with E-state index >= 15 is 0 Å². The van der Waals surface area contributed by atoms with Crippen molar-refractivity contribution in [2.24, 2.45) is 0 Å². The van der Waals surface area contributed by atoms with Crippen molar-refractivity contribution in [3.63, 3.8) is 0 Å². The van der Waals surface area contributed by atoms with Gasteiger partial charge in [-0.3, -0.25) is 4.79 Å². The third kappa shape index (κ3) is 3.71. The highest BCUT2D eigenvalue weighted by Crippen LogP contribution is 2.20. The van der Waals surface area contributed by atoms with Gasteiger partial charge in [0.2, 0.25) is 5.91 Å². The molecule has 0 spiro atoms. The van der Waals surface area contributed by atoms with Crippen molar-refractivity contribution >= 4 is 21.4 Å². The largest absolute Gasteiger partial charge is 0.497 e. The fourth-order valence-electron chi connectivity index (χ4n) is 2.42. The number of sulfone groups is 1. The number of rotatable bonds is 4. The summed E-state index contributed by atoms with van der Waals surface area (Å²) >= 11 is 0. The average Bonchev–Trinajstić information content (AvgIpc) is 2.53. The fraction of sp³-hybridized carbons (Fsp3) is 0.533. The first-order valence-electron chi connectivity index (χ1n) is 7.19. The highest BCUT2D eigenvalue weighted by Gasteiger charge is 2.30. The maximum absolute atomic E-state index is 12.2. The lowest BCUT2D eigenvalue weighted by Gasteiger charge is -2.37. The predicted octanol–water partition coefficient (Wildman–Crippen LogP) is 0.777. The molecule has 0 N–H and O–H groups in total. The van der Waals surface area contributed by atoms with E-state index in [4.69, 9.17) is 4.74 Å². The van der Waals surface area contributed by atoms with Crippen molar-refractivity contribution in [1.82, 2.24) is 4.90 Å². The van der Waals surface area contributed by atoms with Gasteiger partial charge in [0, 0.05) is 38.1 Å². The lowest BCUT2D eigenvalue weighted by molar-refractivity contribution is -0.130. The molecule has 1 aliphatic heterocycles. The number of ether oxygens (including phenoxy) is 1. The monoisotopic (exact) mass is 326 g/mol. The Balaban J connectivity index is 1.96. The second-order valence-electron chi connectivity index (χ2n) is 5.48. The van der Waals surface area contributed by atoms with Crippen LogP contribution in [0.2, 0.25) is 0 Å². The molecular weight excluding hydrogens is 304 g/mol. The lowest BCUT2D eigenvalue weighted by atomic mass is 10.2. The first-order chi connectivity index (χ1) is 10.3. The Morgan fingerprint density at radius 3 is 2.14 bits per heavy atom. The highest BCUT2D eigenvalue weighted by molar-refractivity contribution is 7.92. The maximum Gasteiger partial charge on any atom is 0.240 e. The first kappa shape index (κ1) is 16.6. The minimum atomic E-state index is -3.34. The number of nitrogens with zero attached hydrogens (tertiary/aromatic N) is 2. The molecule has 1 saturated heterocycles. The number of hydrogen-bond donors (Lipinski definition) is 0. The van der Waals surface area contributed by atoms with E-state index in [0.717, 1.165) is 17.7 Å². The zero-order valence-electron chi connectivity index (χ0n) is 13.2. The van der Waals surface area contributed by atoms with Crippen LogP contribution in [-0.2, 0) is 14.6 Å². The number of amides is 1. The van der Waals surface area contributed by atoms with Gasteiger partial charge in [0.15, 0.2) is 9.84 Å². The zero-order chi connectivity index (χ0) is 16.3. The van der Waals surface area contributed by atoms with E-state index in [1.54, 1.807) is 12.0 Å². The van der Waals surface area contributed by atoms with E-state index in [9.17, 15) is 13.2 Å². The molecule has 122 valence electrons. The molecule has 0 unspecified atom stereocenters. The third-order valence-electron chi connectivity index (χ3n) is 4.02.